The highest BCUT2D eigenvalue weighted by atomic mass is 19.1. The van der Waals surface area contributed by atoms with Crippen LogP contribution in [0.5, 0.6) is 0 Å². The van der Waals surface area contributed by atoms with Gasteiger partial charge >= 0.3 is 6.09 Å². The Kier molecular flexibility index (Phi) is 5.58. The van der Waals surface area contributed by atoms with E-state index in [4.69, 9.17) is 4.74 Å². The van der Waals surface area contributed by atoms with E-state index in [1.54, 1.807) is 18.2 Å². The van der Waals surface area contributed by atoms with Gasteiger partial charge in [-0.25, -0.2) is 9.18 Å². The molecule has 0 heterocycles. The molecule has 0 bridgehead atoms. The first-order valence-corrected chi connectivity index (χ1v) is 9.66. The van der Waals surface area contributed by atoms with Crippen LogP contribution in [0.2, 0.25) is 0 Å². The lowest BCUT2D eigenvalue weighted by Gasteiger charge is -2.20. The summed E-state index contributed by atoms with van der Waals surface area (Å²) in [5, 5.41) is 12.0. The van der Waals surface area contributed by atoms with E-state index in [1.807, 2.05) is 24.3 Å². The smallest absolute Gasteiger partial charge is 0.407 e. The van der Waals surface area contributed by atoms with Crippen LogP contribution in [0.15, 0.2) is 72.8 Å². The second kappa shape index (κ2) is 8.45. The monoisotopic (exact) mass is 391 g/mol. The van der Waals surface area contributed by atoms with Gasteiger partial charge < -0.3 is 15.2 Å². The first-order chi connectivity index (χ1) is 14.2. The predicted molar refractivity (Wildman–Crippen MR) is 109 cm³/mol. The number of nitrogens with one attached hydrogen (secondary N) is 1. The molecule has 0 saturated heterocycles. The fraction of sp³-hybridized carbons (Fsp3) is 0.208. The second-order valence-electron chi connectivity index (χ2n) is 7.06. The third-order valence-corrected chi connectivity index (χ3v) is 5.33. The molecule has 0 unspecified atom stereocenters. The van der Waals surface area contributed by atoms with Crippen molar-refractivity contribution in [2.24, 2.45) is 0 Å². The highest BCUT2D eigenvalue weighted by Gasteiger charge is 2.29. The van der Waals surface area contributed by atoms with Gasteiger partial charge in [-0.3, -0.25) is 0 Å². The van der Waals surface area contributed by atoms with E-state index in [1.165, 1.54) is 6.07 Å². The van der Waals surface area contributed by atoms with Crippen molar-refractivity contribution in [1.82, 2.24) is 5.32 Å². The van der Waals surface area contributed by atoms with Gasteiger partial charge in [-0.05, 0) is 34.7 Å². The Morgan fingerprint density at radius 3 is 2.17 bits per heavy atom. The van der Waals surface area contributed by atoms with E-state index < -0.39 is 18.0 Å². The minimum atomic E-state index is -0.656. The lowest BCUT2D eigenvalue weighted by atomic mass is 9.98. The largest absolute Gasteiger partial charge is 0.449 e. The van der Waals surface area contributed by atoms with Gasteiger partial charge in [0.1, 0.15) is 12.4 Å². The summed E-state index contributed by atoms with van der Waals surface area (Å²) in [6, 6.07) is 21.8. The molecule has 4 rings (SSSR count). The number of hydrogen-bond donors (Lipinski definition) is 2. The molecule has 5 heteroatoms. The molecule has 0 aliphatic heterocycles. The first kappa shape index (κ1) is 19.2. The molecule has 1 amide bonds. The standard InChI is InChI=1S/C24H22FNO3/c25-22-12-6-5-11-20(22)23(13-14-27)26-24(28)29-15-21-18-9-3-1-7-16(18)17-8-2-4-10-19(17)21/h1-12,21,23,27H,13-15H2,(H,26,28)/t23-/m1/s1. The Morgan fingerprint density at radius 1 is 0.966 bits per heavy atom. The van der Waals surface area contributed by atoms with Gasteiger partial charge in [0.15, 0.2) is 0 Å². The minimum absolute atomic E-state index is 0.0436. The van der Waals surface area contributed by atoms with Crippen molar-refractivity contribution in [3.8, 4) is 11.1 Å². The number of rotatable bonds is 6. The molecule has 2 N–H and O–H groups in total. The number of ether oxygens (including phenoxy) is 1. The summed E-state index contributed by atoms with van der Waals surface area (Å²) in [5.74, 6) is -0.470. The van der Waals surface area contributed by atoms with Crippen LogP contribution in [0.25, 0.3) is 11.1 Å². The maximum Gasteiger partial charge on any atom is 0.407 e. The summed E-state index contributed by atoms with van der Waals surface area (Å²) < 4.78 is 19.6. The zero-order chi connectivity index (χ0) is 20.2. The highest BCUT2D eigenvalue weighted by molar-refractivity contribution is 5.79. The zero-order valence-electron chi connectivity index (χ0n) is 15.8. The van der Waals surface area contributed by atoms with E-state index in [2.05, 4.69) is 29.6 Å². The Hall–Kier alpha value is -3.18. The fourth-order valence-electron chi connectivity index (χ4n) is 3.97. The molecule has 1 aliphatic rings. The van der Waals surface area contributed by atoms with Gasteiger partial charge in [-0.15, -0.1) is 0 Å². The zero-order valence-corrected chi connectivity index (χ0v) is 15.8. The summed E-state index contributed by atoms with van der Waals surface area (Å²) in [4.78, 5) is 12.5. The molecule has 0 spiro atoms. The van der Waals surface area contributed by atoms with Crippen molar-refractivity contribution >= 4 is 6.09 Å². The van der Waals surface area contributed by atoms with Gasteiger partial charge in [0.25, 0.3) is 0 Å². The molecule has 0 saturated carbocycles. The minimum Gasteiger partial charge on any atom is -0.449 e. The molecule has 1 aliphatic carbocycles. The van der Waals surface area contributed by atoms with Crippen LogP contribution in [-0.4, -0.2) is 24.4 Å². The summed E-state index contributed by atoms with van der Waals surface area (Å²) in [6.07, 6.45) is -0.431. The summed E-state index contributed by atoms with van der Waals surface area (Å²) in [6.45, 7) is 0.00559. The Bertz CT molecular complexity index is 975. The van der Waals surface area contributed by atoms with Crippen molar-refractivity contribution in [3.63, 3.8) is 0 Å². The van der Waals surface area contributed by atoms with Crippen LogP contribution in [0, 0.1) is 5.82 Å². The van der Waals surface area contributed by atoms with Gasteiger partial charge in [-0.1, -0.05) is 66.7 Å². The number of amides is 1. The van der Waals surface area contributed by atoms with E-state index in [0.717, 1.165) is 22.3 Å². The van der Waals surface area contributed by atoms with E-state index in [9.17, 15) is 14.3 Å². The predicted octanol–water partition coefficient (Wildman–Crippen LogP) is 4.79. The molecule has 0 aromatic heterocycles. The first-order valence-electron chi connectivity index (χ1n) is 9.66. The van der Waals surface area contributed by atoms with E-state index in [-0.39, 0.29) is 25.6 Å². The van der Waals surface area contributed by atoms with E-state index >= 15 is 0 Å². The number of aliphatic hydroxyl groups is 1. The average molecular weight is 391 g/mol. The molecule has 3 aromatic carbocycles. The van der Waals surface area contributed by atoms with Crippen LogP contribution in [-0.2, 0) is 4.74 Å². The lowest BCUT2D eigenvalue weighted by Crippen LogP contribution is -2.31. The number of benzene rings is 3. The Labute approximate surface area is 169 Å². The third kappa shape index (κ3) is 3.87. The van der Waals surface area contributed by atoms with Crippen molar-refractivity contribution in [2.75, 3.05) is 13.2 Å². The molecule has 0 fully saturated rings. The molecular weight excluding hydrogens is 369 g/mol. The molecule has 29 heavy (non-hydrogen) atoms. The molecule has 148 valence electrons. The molecule has 1 atom stereocenters. The van der Waals surface area contributed by atoms with Gasteiger partial charge in [-0.2, -0.15) is 0 Å². The number of carbonyl (C=O) groups excluding carboxylic acids is 1. The quantitative estimate of drug-likeness (QED) is 0.635. The maximum atomic E-state index is 14.1. The summed E-state index contributed by atoms with van der Waals surface area (Å²) in [7, 11) is 0. The van der Waals surface area contributed by atoms with Crippen molar-refractivity contribution in [1.29, 1.82) is 0 Å². The van der Waals surface area contributed by atoms with Gasteiger partial charge in [0.2, 0.25) is 0 Å². The number of aliphatic hydroxyl groups excluding tert-OH is 1. The molecular formula is C24H22FNO3. The van der Waals surface area contributed by atoms with Crippen LogP contribution in [0.1, 0.15) is 35.1 Å². The normalized spacial score (nSPS) is 13.4. The molecule has 0 radical (unpaired) electrons. The average Bonchev–Trinajstić information content (AvgIpc) is 3.06. The van der Waals surface area contributed by atoms with Crippen LogP contribution >= 0.6 is 0 Å². The van der Waals surface area contributed by atoms with Crippen molar-refractivity contribution in [2.45, 2.75) is 18.4 Å². The van der Waals surface area contributed by atoms with Gasteiger partial charge in [0, 0.05) is 18.1 Å². The topological polar surface area (TPSA) is 58.6 Å². The molecule has 3 aromatic rings. The third-order valence-electron chi connectivity index (χ3n) is 5.33. The van der Waals surface area contributed by atoms with Crippen LogP contribution in [0.3, 0.4) is 0 Å². The number of alkyl carbamates (subject to hydrolysis) is 1. The number of carbonyl (C=O) groups is 1. The van der Waals surface area contributed by atoms with Crippen LogP contribution in [0.4, 0.5) is 9.18 Å². The highest BCUT2D eigenvalue weighted by Crippen LogP contribution is 2.44. The van der Waals surface area contributed by atoms with Crippen molar-refractivity contribution < 1.29 is 19.0 Å². The van der Waals surface area contributed by atoms with Crippen molar-refractivity contribution in [3.05, 3.63) is 95.3 Å². The van der Waals surface area contributed by atoms with Gasteiger partial charge in [0.05, 0.1) is 6.04 Å². The summed E-state index contributed by atoms with van der Waals surface area (Å²) >= 11 is 0. The molecule has 4 nitrogen and oxygen atoms in total. The lowest BCUT2D eigenvalue weighted by molar-refractivity contribution is 0.136. The number of hydrogen-bond acceptors (Lipinski definition) is 3. The fourth-order valence-corrected chi connectivity index (χ4v) is 3.97. The number of halogens is 1. The Morgan fingerprint density at radius 2 is 1.55 bits per heavy atom. The summed E-state index contributed by atoms with van der Waals surface area (Å²) in [5.41, 5.74) is 4.89. The van der Waals surface area contributed by atoms with E-state index in [0.29, 0.717) is 5.56 Å². The van der Waals surface area contributed by atoms with Crippen LogP contribution < -0.4 is 5.32 Å². The maximum absolute atomic E-state index is 14.1. The second-order valence-corrected chi connectivity index (χ2v) is 7.06. The number of fused-ring (bicyclic) bond motifs is 3. The Balaban J connectivity index is 1.48. The SMILES string of the molecule is O=C(N[C@H](CCO)c1ccccc1F)OCC1c2ccccc2-c2ccccc21.